The third-order valence-corrected chi connectivity index (χ3v) is 4.93. The van der Waals surface area contributed by atoms with Crippen molar-refractivity contribution >= 4 is 31.9 Å². The Morgan fingerprint density at radius 3 is 2.43 bits per heavy atom. The molecule has 3 heteroatoms. The minimum atomic E-state index is 0.312. The van der Waals surface area contributed by atoms with Gasteiger partial charge in [0.25, 0.3) is 0 Å². The van der Waals surface area contributed by atoms with Crippen LogP contribution >= 0.6 is 31.9 Å². The van der Waals surface area contributed by atoms with E-state index in [1.165, 1.54) is 16.7 Å². The Balaban J connectivity index is 2.02. The van der Waals surface area contributed by atoms with Gasteiger partial charge in [0.1, 0.15) is 0 Å². The van der Waals surface area contributed by atoms with Gasteiger partial charge in [0, 0.05) is 21.0 Å². The van der Waals surface area contributed by atoms with Gasteiger partial charge < -0.3 is 5.32 Å². The largest absolute Gasteiger partial charge is 0.307 e. The van der Waals surface area contributed by atoms with Crippen LogP contribution in [0.15, 0.2) is 51.4 Å². The molecule has 1 N–H and O–H groups in total. The SMILES string of the molecule is Cc1ccccc1CC(C)NC(C)c1ccc(Br)cc1Br. The van der Waals surface area contributed by atoms with Crippen LogP contribution in [0.4, 0.5) is 0 Å². The highest BCUT2D eigenvalue weighted by molar-refractivity contribution is 9.11. The average molecular weight is 411 g/mol. The summed E-state index contributed by atoms with van der Waals surface area (Å²) < 4.78 is 2.23. The third kappa shape index (κ3) is 4.67. The monoisotopic (exact) mass is 409 g/mol. The van der Waals surface area contributed by atoms with E-state index in [4.69, 9.17) is 0 Å². The summed E-state index contributed by atoms with van der Waals surface area (Å²) in [5.74, 6) is 0. The zero-order chi connectivity index (χ0) is 15.4. The number of aryl methyl sites for hydroxylation is 1. The van der Waals surface area contributed by atoms with E-state index in [0.717, 1.165) is 15.4 Å². The van der Waals surface area contributed by atoms with Crippen LogP contribution in [0.25, 0.3) is 0 Å². The van der Waals surface area contributed by atoms with Crippen LogP contribution in [0, 0.1) is 6.92 Å². The van der Waals surface area contributed by atoms with Gasteiger partial charge in [0.05, 0.1) is 0 Å². The molecule has 0 bridgehead atoms. The molecule has 2 aromatic rings. The van der Waals surface area contributed by atoms with Crippen LogP contribution in [0.5, 0.6) is 0 Å². The quantitative estimate of drug-likeness (QED) is 0.656. The van der Waals surface area contributed by atoms with Crippen molar-refractivity contribution in [1.29, 1.82) is 0 Å². The van der Waals surface area contributed by atoms with Crippen molar-refractivity contribution in [2.45, 2.75) is 39.3 Å². The van der Waals surface area contributed by atoms with Gasteiger partial charge in [-0.25, -0.2) is 0 Å². The molecule has 0 spiro atoms. The standard InChI is InChI=1S/C18H21Br2N/c1-12-6-4-5-7-15(12)10-13(2)21-14(3)17-9-8-16(19)11-18(17)20/h4-9,11,13-14,21H,10H2,1-3H3. The maximum atomic E-state index is 3.69. The summed E-state index contributed by atoms with van der Waals surface area (Å²) in [6.45, 7) is 6.63. The van der Waals surface area contributed by atoms with Crippen molar-refractivity contribution < 1.29 is 0 Å². The maximum absolute atomic E-state index is 3.69. The average Bonchev–Trinajstić information content (AvgIpc) is 2.41. The first-order valence-corrected chi connectivity index (χ1v) is 8.81. The number of rotatable bonds is 5. The molecule has 1 nitrogen and oxygen atoms in total. The van der Waals surface area contributed by atoms with Gasteiger partial charge in [0.15, 0.2) is 0 Å². The van der Waals surface area contributed by atoms with Crippen molar-refractivity contribution in [3.63, 3.8) is 0 Å². The zero-order valence-electron chi connectivity index (χ0n) is 12.7. The van der Waals surface area contributed by atoms with E-state index in [9.17, 15) is 0 Å². The highest BCUT2D eigenvalue weighted by Gasteiger charge is 2.13. The van der Waals surface area contributed by atoms with Crippen LogP contribution in [0.1, 0.15) is 36.6 Å². The molecule has 0 saturated heterocycles. The predicted molar refractivity (Wildman–Crippen MR) is 97.7 cm³/mol. The van der Waals surface area contributed by atoms with Crippen LogP contribution in [0.2, 0.25) is 0 Å². The summed E-state index contributed by atoms with van der Waals surface area (Å²) >= 11 is 7.14. The van der Waals surface area contributed by atoms with E-state index in [-0.39, 0.29) is 0 Å². The predicted octanol–water partition coefficient (Wildman–Crippen LogP) is 5.80. The molecule has 0 aliphatic heterocycles. The van der Waals surface area contributed by atoms with Crippen LogP contribution < -0.4 is 5.32 Å². The summed E-state index contributed by atoms with van der Waals surface area (Å²) in [7, 11) is 0. The van der Waals surface area contributed by atoms with Crippen LogP contribution in [-0.2, 0) is 6.42 Å². The van der Waals surface area contributed by atoms with Crippen LogP contribution in [-0.4, -0.2) is 6.04 Å². The van der Waals surface area contributed by atoms with Gasteiger partial charge in [0.2, 0.25) is 0 Å². The lowest BCUT2D eigenvalue weighted by molar-refractivity contribution is 0.475. The van der Waals surface area contributed by atoms with Crippen molar-refractivity contribution in [2.75, 3.05) is 0 Å². The summed E-state index contributed by atoms with van der Waals surface area (Å²) in [4.78, 5) is 0. The Kier molecular flexibility index (Phi) is 6.03. The van der Waals surface area contributed by atoms with Crippen LogP contribution in [0.3, 0.4) is 0 Å². The number of hydrogen-bond donors (Lipinski definition) is 1. The lowest BCUT2D eigenvalue weighted by Crippen LogP contribution is -2.31. The molecule has 0 amide bonds. The Hall–Kier alpha value is -0.640. The van der Waals surface area contributed by atoms with Gasteiger partial charge in [-0.3, -0.25) is 0 Å². The summed E-state index contributed by atoms with van der Waals surface area (Å²) in [5, 5.41) is 3.69. The van der Waals surface area contributed by atoms with Gasteiger partial charge in [-0.05, 0) is 56.0 Å². The molecular formula is C18H21Br2N. The molecule has 0 aromatic heterocycles. The summed E-state index contributed by atoms with van der Waals surface area (Å²) in [6.07, 6.45) is 1.05. The highest BCUT2D eigenvalue weighted by Crippen LogP contribution is 2.27. The molecule has 2 rings (SSSR count). The van der Waals surface area contributed by atoms with Gasteiger partial charge in [-0.15, -0.1) is 0 Å². The lowest BCUT2D eigenvalue weighted by Gasteiger charge is -2.22. The fourth-order valence-electron chi connectivity index (χ4n) is 2.60. The third-order valence-electron chi connectivity index (χ3n) is 3.75. The molecule has 0 aliphatic rings. The summed E-state index contributed by atoms with van der Waals surface area (Å²) in [5.41, 5.74) is 4.07. The molecular weight excluding hydrogens is 390 g/mol. The molecule has 2 unspecified atom stereocenters. The smallest absolute Gasteiger partial charge is 0.0305 e. The molecule has 2 aromatic carbocycles. The molecule has 21 heavy (non-hydrogen) atoms. The second-order valence-electron chi connectivity index (χ2n) is 5.59. The number of benzene rings is 2. The Morgan fingerprint density at radius 2 is 1.76 bits per heavy atom. The molecule has 0 fully saturated rings. The fraction of sp³-hybridized carbons (Fsp3) is 0.333. The van der Waals surface area contributed by atoms with E-state index < -0.39 is 0 Å². The van der Waals surface area contributed by atoms with Crippen molar-refractivity contribution in [3.05, 3.63) is 68.1 Å². The number of nitrogens with one attached hydrogen (secondary N) is 1. The van der Waals surface area contributed by atoms with Gasteiger partial charge in [-0.2, -0.15) is 0 Å². The van der Waals surface area contributed by atoms with Gasteiger partial charge >= 0.3 is 0 Å². The second-order valence-corrected chi connectivity index (χ2v) is 7.36. The Morgan fingerprint density at radius 1 is 1.05 bits per heavy atom. The van der Waals surface area contributed by atoms with E-state index in [1.807, 2.05) is 0 Å². The molecule has 0 saturated carbocycles. The first kappa shape index (κ1) is 16.7. The topological polar surface area (TPSA) is 12.0 Å². The van der Waals surface area contributed by atoms with E-state index in [0.29, 0.717) is 12.1 Å². The number of halogens is 2. The molecule has 0 aliphatic carbocycles. The van der Waals surface area contributed by atoms with E-state index >= 15 is 0 Å². The highest BCUT2D eigenvalue weighted by atomic mass is 79.9. The minimum Gasteiger partial charge on any atom is -0.307 e. The Bertz CT molecular complexity index is 610. The minimum absolute atomic E-state index is 0.312. The fourth-order valence-corrected chi connectivity index (χ4v) is 3.99. The first-order chi connectivity index (χ1) is 9.97. The van der Waals surface area contributed by atoms with Gasteiger partial charge in [-0.1, -0.05) is 62.2 Å². The Labute approximate surface area is 144 Å². The van der Waals surface area contributed by atoms with E-state index in [2.05, 4.69) is 100 Å². The maximum Gasteiger partial charge on any atom is 0.0305 e. The lowest BCUT2D eigenvalue weighted by atomic mass is 10.0. The number of hydrogen-bond acceptors (Lipinski definition) is 1. The van der Waals surface area contributed by atoms with Crippen molar-refractivity contribution in [3.8, 4) is 0 Å². The zero-order valence-corrected chi connectivity index (χ0v) is 15.8. The molecule has 2 atom stereocenters. The normalized spacial score (nSPS) is 14.0. The molecule has 112 valence electrons. The summed E-state index contributed by atoms with van der Waals surface area (Å²) in [6, 6.07) is 15.7. The second kappa shape index (κ2) is 7.57. The first-order valence-electron chi connectivity index (χ1n) is 7.23. The van der Waals surface area contributed by atoms with Crippen molar-refractivity contribution in [1.82, 2.24) is 5.32 Å². The molecule has 0 heterocycles. The molecule has 0 radical (unpaired) electrons. The van der Waals surface area contributed by atoms with Crippen molar-refractivity contribution in [2.24, 2.45) is 0 Å². The van der Waals surface area contributed by atoms with E-state index in [1.54, 1.807) is 0 Å².